The number of halogens is 1. The zero-order chi connectivity index (χ0) is 17.4. The maximum Gasteiger partial charge on any atom is 0.243 e. The second kappa shape index (κ2) is 6.80. The average Bonchev–Trinajstić information content (AvgIpc) is 2.98. The molecule has 1 N–H and O–H groups in total. The van der Waals surface area contributed by atoms with Crippen molar-refractivity contribution in [3.63, 3.8) is 0 Å². The highest BCUT2D eigenvalue weighted by Gasteiger charge is 2.51. The Hall–Kier alpha value is -0.860. The summed E-state index contributed by atoms with van der Waals surface area (Å²) in [5.41, 5.74) is -0.402. The molecule has 0 radical (unpaired) electrons. The van der Waals surface area contributed by atoms with Crippen molar-refractivity contribution in [3.05, 3.63) is 23.2 Å². The lowest BCUT2D eigenvalue weighted by Gasteiger charge is -2.36. The van der Waals surface area contributed by atoms with Gasteiger partial charge in [-0.15, -0.1) is 0 Å². The van der Waals surface area contributed by atoms with Crippen LogP contribution in [0.1, 0.15) is 13.3 Å². The van der Waals surface area contributed by atoms with Gasteiger partial charge in [-0.2, -0.15) is 4.31 Å². The molecule has 0 bridgehead atoms. The average molecular weight is 376 g/mol. The van der Waals surface area contributed by atoms with Crippen molar-refractivity contribution in [2.75, 3.05) is 39.5 Å². The van der Waals surface area contributed by atoms with Gasteiger partial charge in [0.25, 0.3) is 0 Å². The summed E-state index contributed by atoms with van der Waals surface area (Å²) in [4.78, 5) is 0.156. The fourth-order valence-electron chi connectivity index (χ4n) is 3.50. The topological polar surface area (TPSA) is 76.1 Å². The molecule has 0 spiro atoms. The molecule has 134 valence electrons. The summed E-state index contributed by atoms with van der Waals surface area (Å²) in [6.45, 7) is 3.89. The Morgan fingerprint density at radius 2 is 2.29 bits per heavy atom. The molecule has 6 nitrogen and oxygen atoms in total. The summed E-state index contributed by atoms with van der Waals surface area (Å²) in [6, 6.07) is 4.49. The molecule has 0 amide bonds. The molecule has 24 heavy (non-hydrogen) atoms. The molecule has 0 unspecified atom stereocenters. The second-order valence-corrected chi connectivity index (χ2v) is 8.71. The standard InChI is InChI=1S/C16H22ClNO5S/c1-2-23-15-7-13(3-4-14(15)17)24(20,21)18-8-12-9-22-6-5-16(12,10-18)11-19/h3-4,7,12,19H,2,5-6,8-11H2,1H3/t12-,16-/m1/s1. The number of nitrogens with zero attached hydrogens (tertiary/aromatic N) is 1. The van der Waals surface area contributed by atoms with E-state index in [2.05, 4.69) is 0 Å². The zero-order valence-corrected chi connectivity index (χ0v) is 15.1. The Morgan fingerprint density at radius 3 is 2.96 bits per heavy atom. The number of rotatable bonds is 5. The van der Waals surface area contributed by atoms with Crippen LogP contribution < -0.4 is 4.74 Å². The molecule has 2 fully saturated rings. The van der Waals surface area contributed by atoms with Crippen LogP contribution in [-0.4, -0.2) is 57.3 Å². The van der Waals surface area contributed by atoms with Crippen LogP contribution in [0.2, 0.25) is 5.02 Å². The molecule has 2 aliphatic rings. The monoisotopic (exact) mass is 375 g/mol. The summed E-state index contributed by atoms with van der Waals surface area (Å²) in [5, 5.41) is 10.2. The molecular formula is C16H22ClNO5S. The number of fused-ring (bicyclic) bond motifs is 1. The van der Waals surface area contributed by atoms with Crippen LogP contribution in [0.5, 0.6) is 5.75 Å². The van der Waals surface area contributed by atoms with Crippen LogP contribution in [0.25, 0.3) is 0 Å². The summed E-state index contributed by atoms with van der Waals surface area (Å²) >= 11 is 6.05. The third-order valence-electron chi connectivity index (χ3n) is 5.00. The van der Waals surface area contributed by atoms with Crippen LogP contribution in [0.3, 0.4) is 0 Å². The third-order valence-corrected chi connectivity index (χ3v) is 7.12. The molecule has 1 aromatic carbocycles. The van der Waals surface area contributed by atoms with Gasteiger partial charge in [0.2, 0.25) is 10.0 Å². The predicted octanol–water partition coefficient (Wildman–Crippen LogP) is 1.76. The summed E-state index contributed by atoms with van der Waals surface area (Å²) in [5.74, 6) is 0.377. The minimum Gasteiger partial charge on any atom is -0.492 e. The number of benzene rings is 1. The van der Waals surface area contributed by atoms with Crippen LogP contribution in [-0.2, 0) is 14.8 Å². The van der Waals surface area contributed by atoms with Gasteiger partial charge in [-0.3, -0.25) is 0 Å². The van der Waals surface area contributed by atoms with E-state index in [0.717, 1.165) is 0 Å². The normalized spacial score (nSPS) is 27.9. The largest absolute Gasteiger partial charge is 0.492 e. The van der Waals surface area contributed by atoms with Gasteiger partial charge in [-0.1, -0.05) is 11.6 Å². The number of aliphatic hydroxyl groups excluding tert-OH is 1. The van der Waals surface area contributed by atoms with Gasteiger partial charge < -0.3 is 14.6 Å². The third kappa shape index (κ3) is 3.04. The fourth-order valence-corrected chi connectivity index (χ4v) is 5.27. The van der Waals surface area contributed by atoms with Crippen molar-refractivity contribution in [3.8, 4) is 5.75 Å². The van der Waals surface area contributed by atoms with Crippen molar-refractivity contribution in [1.29, 1.82) is 0 Å². The molecule has 8 heteroatoms. The zero-order valence-electron chi connectivity index (χ0n) is 13.6. The van der Waals surface area contributed by atoms with Gasteiger partial charge in [0.1, 0.15) is 5.75 Å². The summed E-state index contributed by atoms with van der Waals surface area (Å²) in [7, 11) is -3.67. The highest BCUT2D eigenvalue weighted by atomic mass is 35.5. The predicted molar refractivity (Wildman–Crippen MR) is 89.8 cm³/mol. The van der Waals surface area contributed by atoms with Crippen molar-refractivity contribution in [1.82, 2.24) is 4.31 Å². The highest BCUT2D eigenvalue weighted by Crippen LogP contribution is 2.43. The first-order valence-corrected chi connectivity index (χ1v) is 9.86. The minimum absolute atomic E-state index is 0.0182. The molecule has 2 saturated heterocycles. The summed E-state index contributed by atoms with van der Waals surface area (Å²) < 4.78 is 38.3. The van der Waals surface area contributed by atoms with Gasteiger partial charge in [-0.25, -0.2) is 8.42 Å². The maximum atomic E-state index is 13.0. The molecule has 3 rings (SSSR count). The van der Waals surface area contributed by atoms with Crippen molar-refractivity contribution < 1.29 is 23.0 Å². The van der Waals surface area contributed by atoms with Crippen molar-refractivity contribution in [2.45, 2.75) is 18.2 Å². The van der Waals surface area contributed by atoms with Crippen molar-refractivity contribution in [2.24, 2.45) is 11.3 Å². The molecule has 1 aromatic rings. The van der Waals surface area contributed by atoms with E-state index in [4.69, 9.17) is 21.1 Å². The van der Waals surface area contributed by atoms with Crippen molar-refractivity contribution >= 4 is 21.6 Å². The van der Waals surface area contributed by atoms with Crippen LogP contribution in [0.15, 0.2) is 23.1 Å². The molecular weight excluding hydrogens is 354 g/mol. The number of sulfonamides is 1. The van der Waals surface area contributed by atoms with E-state index in [1.54, 1.807) is 0 Å². The van der Waals surface area contributed by atoms with Gasteiger partial charge in [0.15, 0.2) is 0 Å². The van der Waals surface area contributed by atoms with Gasteiger partial charge >= 0.3 is 0 Å². The number of hydrogen-bond donors (Lipinski definition) is 1. The smallest absolute Gasteiger partial charge is 0.243 e. The minimum atomic E-state index is -3.67. The van der Waals surface area contributed by atoms with E-state index in [0.29, 0.717) is 50.1 Å². The first-order chi connectivity index (χ1) is 11.4. The van der Waals surface area contributed by atoms with E-state index < -0.39 is 15.4 Å². The SMILES string of the molecule is CCOc1cc(S(=O)(=O)N2C[C@@H]3COCC[C@]3(CO)C2)ccc1Cl. The lowest BCUT2D eigenvalue weighted by molar-refractivity contribution is -0.0414. The van der Waals surface area contributed by atoms with Gasteiger partial charge in [0.05, 0.1) is 29.7 Å². The highest BCUT2D eigenvalue weighted by molar-refractivity contribution is 7.89. The Kier molecular flexibility index (Phi) is 5.09. The molecule has 2 atom stereocenters. The van der Waals surface area contributed by atoms with Gasteiger partial charge in [0, 0.05) is 37.1 Å². The lowest BCUT2D eigenvalue weighted by atomic mass is 9.75. The second-order valence-electron chi connectivity index (χ2n) is 6.37. The van der Waals surface area contributed by atoms with Crippen LogP contribution in [0.4, 0.5) is 0 Å². The Labute approximate surface area is 147 Å². The Balaban J connectivity index is 1.90. The fraction of sp³-hybridized carbons (Fsp3) is 0.625. The maximum absolute atomic E-state index is 13.0. The van der Waals surface area contributed by atoms with E-state index >= 15 is 0 Å². The number of aliphatic hydroxyl groups is 1. The molecule has 0 aromatic heterocycles. The molecule has 2 heterocycles. The summed E-state index contributed by atoms with van der Waals surface area (Å²) in [6.07, 6.45) is 0.672. The molecule has 0 saturated carbocycles. The quantitative estimate of drug-likeness (QED) is 0.848. The van der Waals surface area contributed by atoms with E-state index in [1.807, 2.05) is 6.92 Å². The van der Waals surface area contributed by atoms with Crippen LogP contribution in [0, 0.1) is 11.3 Å². The van der Waals surface area contributed by atoms with E-state index in [9.17, 15) is 13.5 Å². The molecule has 2 aliphatic heterocycles. The van der Waals surface area contributed by atoms with Crippen LogP contribution >= 0.6 is 11.6 Å². The number of ether oxygens (including phenoxy) is 2. The first kappa shape index (κ1) is 17.9. The number of hydrogen-bond acceptors (Lipinski definition) is 5. The Morgan fingerprint density at radius 1 is 1.50 bits per heavy atom. The van der Waals surface area contributed by atoms with E-state index in [-0.39, 0.29) is 17.4 Å². The van der Waals surface area contributed by atoms with Gasteiger partial charge in [-0.05, 0) is 25.5 Å². The van der Waals surface area contributed by atoms with E-state index in [1.165, 1.54) is 22.5 Å². The lowest BCUT2D eigenvalue weighted by Crippen LogP contribution is -2.41. The first-order valence-electron chi connectivity index (χ1n) is 8.04. The molecule has 0 aliphatic carbocycles. The Bertz CT molecular complexity index is 710.